The summed E-state index contributed by atoms with van der Waals surface area (Å²) in [6, 6.07) is 6.75. The summed E-state index contributed by atoms with van der Waals surface area (Å²) in [7, 11) is 1.32. The Bertz CT molecular complexity index is 381. The predicted octanol–water partition coefficient (Wildman–Crippen LogP) is 1.31. The molecule has 0 bridgehead atoms. The Morgan fingerprint density at radius 2 is 2.36 bits per heavy atom. The standard InChI is InChI=1S/C10H9NO3/c1-14-10(13)9-4-2-3-8(5-9)6-11-7-12/h2-5H,6H2,1H3. The lowest BCUT2D eigenvalue weighted by molar-refractivity contribution is 0.0600. The van der Waals surface area contributed by atoms with E-state index < -0.39 is 5.97 Å². The minimum atomic E-state index is -0.401. The fourth-order valence-corrected chi connectivity index (χ4v) is 1.04. The van der Waals surface area contributed by atoms with Crippen molar-refractivity contribution in [2.45, 2.75) is 6.54 Å². The van der Waals surface area contributed by atoms with Crippen LogP contribution < -0.4 is 0 Å². The van der Waals surface area contributed by atoms with Gasteiger partial charge in [0.25, 0.3) is 0 Å². The van der Waals surface area contributed by atoms with Gasteiger partial charge in [0, 0.05) is 0 Å². The van der Waals surface area contributed by atoms with Gasteiger partial charge < -0.3 is 4.74 Å². The molecule has 1 rings (SSSR count). The molecule has 0 radical (unpaired) electrons. The number of benzene rings is 1. The molecule has 0 fully saturated rings. The molecule has 0 aliphatic carbocycles. The highest BCUT2D eigenvalue weighted by atomic mass is 16.5. The first-order chi connectivity index (χ1) is 6.77. The van der Waals surface area contributed by atoms with Crippen molar-refractivity contribution in [1.82, 2.24) is 0 Å². The smallest absolute Gasteiger partial charge is 0.337 e. The first-order valence-electron chi connectivity index (χ1n) is 3.99. The van der Waals surface area contributed by atoms with Gasteiger partial charge in [0.2, 0.25) is 6.08 Å². The van der Waals surface area contributed by atoms with Gasteiger partial charge in [-0.1, -0.05) is 12.1 Å². The molecule has 0 aliphatic heterocycles. The second kappa shape index (κ2) is 4.94. The van der Waals surface area contributed by atoms with Crippen LogP contribution in [-0.4, -0.2) is 19.2 Å². The minimum absolute atomic E-state index is 0.230. The van der Waals surface area contributed by atoms with Gasteiger partial charge in [-0.15, -0.1) is 0 Å². The van der Waals surface area contributed by atoms with Crippen molar-refractivity contribution < 1.29 is 14.3 Å². The zero-order chi connectivity index (χ0) is 10.4. The molecule has 14 heavy (non-hydrogen) atoms. The van der Waals surface area contributed by atoms with Gasteiger partial charge in [0.15, 0.2) is 0 Å². The van der Waals surface area contributed by atoms with Crippen LogP contribution in [0.4, 0.5) is 0 Å². The van der Waals surface area contributed by atoms with Crippen LogP contribution in [0.1, 0.15) is 15.9 Å². The lowest BCUT2D eigenvalue weighted by Crippen LogP contribution is -2.01. The molecule has 0 aliphatic rings. The quantitative estimate of drug-likeness (QED) is 0.411. The topological polar surface area (TPSA) is 55.7 Å². The van der Waals surface area contributed by atoms with Crippen molar-refractivity contribution in [2.75, 3.05) is 7.11 Å². The summed E-state index contributed by atoms with van der Waals surface area (Å²) in [5.74, 6) is -0.401. The first-order valence-corrected chi connectivity index (χ1v) is 3.99. The Morgan fingerprint density at radius 3 is 3.00 bits per heavy atom. The molecule has 0 saturated carbocycles. The summed E-state index contributed by atoms with van der Waals surface area (Å²) in [5.41, 5.74) is 1.22. The number of carbonyl (C=O) groups is 1. The van der Waals surface area contributed by atoms with Crippen LogP contribution in [0.15, 0.2) is 29.3 Å². The Balaban J connectivity index is 2.88. The van der Waals surface area contributed by atoms with Crippen molar-refractivity contribution in [1.29, 1.82) is 0 Å². The van der Waals surface area contributed by atoms with E-state index in [1.807, 2.05) is 0 Å². The van der Waals surface area contributed by atoms with E-state index in [1.54, 1.807) is 24.3 Å². The normalized spacial score (nSPS) is 8.93. The van der Waals surface area contributed by atoms with Crippen LogP contribution in [0.3, 0.4) is 0 Å². The number of rotatable bonds is 3. The van der Waals surface area contributed by atoms with Crippen molar-refractivity contribution in [3.8, 4) is 0 Å². The number of esters is 1. The molecule has 0 atom stereocenters. The van der Waals surface area contributed by atoms with Gasteiger partial charge >= 0.3 is 5.97 Å². The SMILES string of the molecule is COC(=O)c1cccc(CN=C=O)c1. The third-order valence-electron chi connectivity index (χ3n) is 1.67. The number of carbonyl (C=O) groups excluding carboxylic acids is 2. The first kappa shape index (κ1) is 10.2. The van der Waals surface area contributed by atoms with E-state index in [9.17, 15) is 9.59 Å². The van der Waals surface area contributed by atoms with Gasteiger partial charge in [0.1, 0.15) is 0 Å². The average Bonchev–Trinajstić information content (AvgIpc) is 2.25. The Morgan fingerprint density at radius 1 is 1.57 bits per heavy atom. The van der Waals surface area contributed by atoms with E-state index in [1.165, 1.54) is 13.2 Å². The van der Waals surface area contributed by atoms with Crippen LogP contribution >= 0.6 is 0 Å². The minimum Gasteiger partial charge on any atom is -0.465 e. The summed E-state index contributed by atoms with van der Waals surface area (Å²) in [6.45, 7) is 0.230. The summed E-state index contributed by atoms with van der Waals surface area (Å²) in [6.07, 6.45) is 1.44. The molecule has 4 nitrogen and oxygen atoms in total. The number of isocyanates is 1. The van der Waals surface area contributed by atoms with E-state index in [4.69, 9.17) is 0 Å². The van der Waals surface area contributed by atoms with E-state index in [-0.39, 0.29) is 6.54 Å². The molecule has 1 aromatic rings. The van der Waals surface area contributed by atoms with E-state index >= 15 is 0 Å². The van der Waals surface area contributed by atoms with E-state index in [2.05, 4.69) is 9.73 Å². The zero-order valence-electron chi connectivity index (χ0n) is 7.69. The Hall–Kier alpha value is -1.93. The predicted molar refractivity (Wildman–Crippen MR) is 49.6 cm³/mol. The summed E-state index contributed by atoms with van der Waals surface area (Å²) in [5, 5.41) is 0. The fourth-order valence-electron chi connectivity index (χ4n) is 1.04. The highest BCUT2D eigenvalue weighted by Crippen LogP contribution is 2.07. The van der Waals surface area contributed by atoms with Crippen LogP contribution in [0.5, 0.6) is 0 Å². The van der Waals surface area contributed by atoms with Gasteiger partial charge in [-0.3, -0.25) is 0 Å². The highest BCUT2D eigenvalue weighted by molar-refractivity contribution is 5.89. The molecule has 0 unspecified atom stereocenters. The largest absolute Gasteiger partial charge is 0.465 e. The number of aliphatic imine (C=N–C) groups is 1. The molecule has 0 amide bonds. The molecule has 0 N–H and O–H groups in total. The van der Waals surface area contributed by atoms with Crippen LogP contribution in [0.2, 0.25) is 0 Å². The average molecular weight is 191 g/mol. The van der Waals surface area contributed by atoms with Crippen molar-refractivity contribution >= 4 is 12.0 Å². The molecule has 1 aromatic carbocycles. The molecule has 0 saturated heterocycles. The van der Waals surface area contributed by atoms with Crippen LogP contribution in [-0.2, 0) is 16.1 Å². The number of ether oxygens (including phenoxy) is 1. The van der Waals surface area contributed by atoms with Crippen LogP contribution in [0, 0.1) is 0 Å². The molecular formula is C10H9NO3. The number of methoxy groups -OCH3 is 1. The van der Waals surface area contributed by atoms with E-state index in [0.29, 0.717) is 5.56 Å². The molecule has 0 aromatic heterocycles. The molecule has 0 spiro atoms. The summed E-state index contributed by atoms with van der Waals surface area (Å²) < 4.78 is 4.55. The molecule has 4 heteroatoms. The fraction of sp³-hybridized carbons (Fsp3) is 0.200. The monoisotopic (exact) mass is 191 g/mol. The number of nitrogens with zero attached hydrogens (tertiary/aromatic N) is 1. The summed E-state index contributed by atoms with van der Waals surface area (Å²) in [4.78, 5) is 24.4. The highest BCUT2D eigenvalue weighted by Gasteiger charge is 2.04. The van der Waals surface area contributed by atoms with Crippen molar-refractivity contribution in [3.63, 3.8) is 0 Å². The number of hydrogen-bond acceptors (Lipinski definition) is 4. The lowest BCUT2D eigenvalue weighted by atomic mass is 10.1. The van der Waals surface area contributed by atoms with Gasteiger partial charge in [-0.05, 0) is 17.7 Å². The summed E-state index contributed by atoms with van der Waals surface area (Å²) >= 11 is 0. The van der Waals surface area contributed by atoms with Gasteiger partial charge in [-0.25, -0.2) is 14.6 Å². The molecule has 0 heterocycles. The Labute approximate surface area is 81.2 Å². The van der Waals surface area contributed by atoms with E-state index in [0.717, 1.165) is 5.56 Å². The van der Waals surface area contributed by atoms with Crippen LogP contribution in [0.25, 0.3) is 0 Å². The maximum absolute atomic E-state index is 11.1. The second-order valence-electron chi connectivity index (χ2n) is 2.60. The molecular weight excluding hydrogens is 182 g/mol. The third kappa shape index (κ3) is 2.54. The third-order valence-corrected chi connectivity index (χ3v) is 1.67. The zero-order valence-corrected chi connectivity index (χ0v) is 7.69. The van der Waals surface area contributed by atoms with Crippen molar-refractivity contribution in [2.24, 2.45) is 4.99 Å². The van der Waals surface area contributed by atoms with Crippen molar-refractivity contribution in [3.05, 3.63) is 35.4 Å². The maximum Gasteiger partial charge on any atom is 0.337 e. The Kier molecular flexibility index (Phi) is 3.58. The maximum atomic E-state index is 11.1. The van der Waals surface area contributed by atoms with Gasteiger partial charge in [-0.2, -0.15) is 0 Å². The van der Waals surface area contributed by atoms with Gasteiger partial charge in [0.05, 0.1) is 19.2 Å². The molecule has 72 valence electrons. The number of hydrogen-bond donors (Lipinski definition) is 0. The second-order valence-corrected chi connectivity index (χ2v) is 2.60. The lowest BCUT2D eigenvalue weighted by Gasteiger charge is -2.00.